The molecular formula is C23H24FN5O3S. The highest BCUT2D eigenvalue weighted by atomic mass is 32.2. The van der Waals surface area contributed by atoms with Gasteiger partial charge in [-0.1, -0.05) is 36.0 Å². The average Bonchev–Trinajstić information content (AvgIpc) is 3.18. The van der Waals surface area contributed by atoms with Crippen LogP contribution in [0.1, 0.15) is 21.7 Å². The van der Waals surface area contributed by atoms with Crippen LogP contribution in [0.25, 0.3) is 0 Å². The topological polar surface area (TPSA) is 98.1 Å². The summed E-state index contributed by atoms with van der Waals surface area (Å²) in [5.74, 6) is -0.263. The summed E-state index contributed by atoms with van der Waals surface area (Å²) in [6.07, 6.45) is 1.66. The number of aryl methyl sites for hydroxylation is 1. The Labute approximate surface area is 195 Å². The van der Waals surface area contributed by atoms with E-state index in [0.29, 0.717) is 29.0 Å². The van der Waals surface area contributed by atoms with E-state index in [4.69, 9.17) is 4.74 Å². The molecule has 0 saturated heterocycles. The summed E-state index contributed by atoms with van der Waals surface area (Å²) in [5, 5.41) is 14.2. The molecular weight excluding hydrogens is 445 g/mol. The minimum Gasteiger partial charge on any atom is -0.495 e. The molecule has 2 amide bonds. The highest BCUT2D eigenvalue weighted by molar-refractivity contribution is 7.99. The molecule has 0 aliphatic carbocycles. The third-order valence-electron chi connectivity index (χ3n) is 4.59. The number of carbonyl (C=O) groups excluding carboxylic acids is 2. The number of rotatable bonds is 10. The van der Waals surface area contributed by atoms with E-state index in [1.165, 1.54) is 30.0 Å². The van der Waals surface area contributed by atoms with Crippen molar-refractivity contribution in [3.05, 3.63) is 77.9 Å². The third kappa shape index (κ3) is 6.19. The number of thioether (sulfide) groups is 1. The lowest BCUT2D eigenvalue weighted by Gasteiger charge is -2.11. The van der Waals surface area contributed by atoms with E-state index in [9.17, 15) is 14.0 Å². The zero-order valence-electron chi connectivity index (χ0n) is 18.3. The van der Waals surface area contributed by atoms with Gasteiger partial charge in [0.1, 0.15) is 11.6 Å². The highest BCUT2D eigenvalue weighted by Gasteiger charge is 2.16. The lowest BCUT2D eigenvalue weighted by atomic mass is 10.2. The number of hydrogen-bond donors (Lipinski definition) is 2. The number of anilines is 1. The van der Waals surface area contributed by atoms with Gasteiger partial charge in [-0.3, -0.25) is 9.59 Å². The third-order valence-corrected chi connectivity index (χ3v) is 5.56. The van der Waals surface area contributed by atoms with Crippen molar-refractivity contribution in [3.63, 3.8) is 0 Å². The molecule has 2 N–H and O–H groups in total. The molecule has 0 radical (unpaired) electrons. The average molecular weight is 470 g/mol. The number of aromatic nitrogens is 3. The Morgan fingerprint density at radius 1 is 1.24 bits per heavy atom. The van der Waals surface area contributed by atoms with E-state index in [2.05, 4.69) is 27.4 Å². The van der Waals surface area contributed by atoms with Gasteiger partial charge in [0, 0.05) is 6.54 Å². The van der Waals surface area contributed by atoms with Crippen LogP contribution in [0.15, 0.2) is 60.3 Å². The number of allylic oxidation sites excluding steroid dienone is 1. The largest absolute Gasteiger partial charge is 0.495 e. The van der Waals surface area contributed by atoms with Gasteiger partial charge in [0.25, 0.3) is 5.91 Å². The fourth-order valence-corrected chi connectivity index (χ4v) is 3.77. The van der Waals surface area contributed by atoms with Gasteiger partial charge in [-0.2, -0.15) is 0 Å². The first-order chi connectivity index (χ1) is 15.9. The maximum absolute atomic E-state index is 13.8. The highest BCUT2D eigenvalue weighted by Crippen LogP contribution is 2.26. The molecule has 3 rings (SSSR count). The Morgan fingerprint density at radius 2 is 2.03 bits per heavy atom. The summed E-state index contributed by atoms with van der Waals surface area (Å²) < 4.78 is 20.8. The summed E-state index contributed by atoms with van der Waals surface area (Å²) >= 11 is 1.20. The van der Waals surface area contributed by atoms with Crippen LogP contribution in [0, 0.1) is 12.7 Å². The van der Waals surface area contributed by atoms with Crippen molar-refractivity contribution in [2.45, 2.75) is 25.2 Å². The van der Waals surface area contributed by atoms with Crippen LogP contribution in [0.4, 0.5) is 10.1 Å². The molecule has 0 aliphatic heterocycles. The molecule has 0 aliphatic rings. The normalized spacial score (nSPS) is 10.5. The quantitative estimate of drug-likeness (QED) is 0.348. The van der Waals surface area contributed by atoms with Crippen LogP contribution >= 0.6 is 11.8 Å². The van der Waals surface area contributed by atoms with E-state index < -0.39 is 11.7 Å². The Bertz CT molecular complexity index is 1160. The first-order valence-corrected chi connectivity index (χ1v) is 11.0. The van der Waals surface area contributed by atoms with E-state index in [1.807, 2.05) is 19.1 Å². The Hall–Kier alpha value is -3.66. The van der Waals surface area contributed by atoms with Gasteiger partial charge in [0.05, 0.1) is 30.7 Å². The molecule has 0 bridgehead atoms. The summed E-state index contributed by atoms with van der Waals surface area (Å²) in [6.45, 7) is 6.08. The van der Waals surface area contributed by atoms with Crippen LogP contribution in [0.2, 0.25) is 0 Å². The monoisotopic (exact) mass is 469 g/mol. The fraction of sp³-hybridized carbons (Fsp3) is 0.217. The summed E-state index contributed by atoms with van der Waals surface area (Å²) in [4.78, 5) is 24.8. The number of ether oxygens (including phenoxy) is 1. The molecule has 0 fully saturated rings. The molecule has 0 saturated carbocycles. The minimum atomic E-state index is -0.602. The van der Waals surface area contributed by atoms with Gasteiger partial charge in [0.2, 0.25) is 5.91 Å². The van der Waals surface area contributed by atoms with Gasteiger partial charge in [-0.25, -0.2) is 4.39 Å². The predicted octanol–water partition coefficient (Wildman–Crippen LogP) is 3.58. The molecule has 0 unspecified atom stereocenters. The molecule has 8 nitrogen and oxygen atoms in total. The van der Waals surface area contributed by atoms with E-state index >= 15 is 0 Å². The van der Waals surface area contributed by atoms with Crippen LogP contribution in [0.5, 0.6) is 5.75 Å². The van der Waals surface area contributed by atoms with Crippen LogP contribution in [-0.2, 0) is 17.9 Å². The molecule has 3 aromatic rings. The van der Waals surface area contributed by atoms with Crippen molar-refractivity contribution in [2.24, 2.45) is 0 Å². The molecule has 33 heavy (non-hydrogen) atoms. The van der Waals surface area contributed by atoms with Gasteiger partial charge in [0.15, 0.2) is 11.0 Å². The zero-order valence-corrected chi connectivity index (χ0v) is 19.1. The zero-order chi connectivity index (χ0) is 23.8. The number of amides is 2. The predicted molar refractivity (Wildman–Crippen MR) is 125 cm³/mol. The standard InChI is InChI=1S/C23H24FN5O3S/c1-4-11-29-20(13-25-22(31)16-7-5-6-8-17(16)24)27-28-23(29)33-14-21(30)26-18-12-15(2)9-10-19(18)32-3/h4-10,12H,1,11,13-14H2,2-3H3,(H,25,31)(H,26,30). The van der Waals surface area contributed by atoms with E-state index in [1.54, 1.807) is 29.9 Å². The van der Waals surface area contributed by atoms with Crippen LogP contribution in [-0.4, -0.2) is 39.4 Å². The summed E-state index contributed by atoms with van der Waals surface area (Å²) in [7, 11) is 1.54. The summed E-state index contributed by atoms with van der Waals surface area (Å²) in [6, 6.07) is 11.3. The number of carbonyl (C=O) groups is 2. The Kier molecular flexibility index (Phi) is 8.20. The van der Waals surface area contributed by atoms with Crippen LogP contribution < -0.4 is 15.4 Å². The molecule has 1 heterocycles. The van der Waals surface area contributed by atoms with Crippen molar-refractivity contribution in [1.82, 2.24) is 20.1 Å². The van der Waals surface area contributed by atoms with Crippen molar-refractivity contribution in [2.75, 3.05) is 18.2 Å². The lowest BCUT2D eigenvalue weighted by molar-refractivity contribution is -0.113. The Morgan fingerprint density at radius 3 is 2.76 bits per heavy atom. The lowest BCUT2D eigenvalue weighted by Crippen LogP contribution is -2.25. The first-order valence-electron chi connectivity index (χ1n) is 10.1. The number of methoxy groups -OCH3 is 1. The van der Waals surface area contributed by atoms with Gasteiger partial charge >= 0.3 is 0 Å². The second-order valence-corrected chi connectivity index (χ2v) is 7.94. The molecule has 10 heteroatoms. The second-order valence-electron chi connectivity index (χ2n) is 7.00. The molecule has 172 valence electrons. The van der Waals surface area contributed by atoms with Gasteiger partial charge in [-0.15, -0.1) is 16.8 Å². The maximum Gasteiger partial charge on any atom is 0.254 e. The number of nitrogens with zero attached hydrogens (tertiary/aromatic N) is 3. The minimum absolute atomic E-state index is 0.0429. The van der Waals surface area contributed by atoms with E-state index in [-0.39, 0.29) is 23.8 Å². The maximum atomic E-state index is 13.8. The number of hydrogen-bond acceptors (Lipinski definition) is 6. The summed E-state index contributed by atoms with van der Waals surface area (Å²) in [5.41, 5.74) is 1.53. The van der Waals surface area contributed by atoms with Gasteiger partial charge < -0.3 is 19.9 Å². The second kappa shape index (κ2) is 11.3. The Balaban J connectivity index is 1.64. The number of halogens is 1. The molecule has 1 aromatic heterocycles. The SMILES string of the molecule is C=CCn1c(CNC(=O)c2ccccc2F)nnc1SCC(=O)Nc1cc(C)ccc1OC. The van der Waals surface area contributed by atoms with Crippen molar-refractivity contribution in [3.8, 4) is 5.75 Å². The number of benzene rings is 2. The van der Waals surface area contributed by atoms with Crippen molar-refractivity contribution in [1.29, 1.82) is 0 Å². The van der Waals surface area contributed by atoms with Crippen molar-refractivity contribution >= 4 is 29.3 Å². The van der Waals surface area contributed by atoms with Gasteiger partial charge in [-0.05, 0) is 36.8 Å². The molecule has 0 atom stereocenters. The number of nitrogens with one attached hydrogen (secondary N) is 2. The molecule has 2 aromatic carbocycles. The smallest absolute Gasteiger partial charge is 0.254 e. The fourth-order valence-electron chi connectivity index (χ4n) is 3.00. The van der Waals surface area contributed by atoms with E-state index in [0.717, 1.165) is 5.56 Å². The molecule has 0 spiro atoms. The van der Waals surface area contributed by atoms with Crippen LogP contribution in [0.3, 0.4) is 0 Å². The van der Waals surface area contributed by atoms with Crippen molar-refractivity contribution < 1.29 is 18.7 Å². The first kappa shape index (κ1) is 24.0.